The van der Waals surface area contributed by atoms with E-state index in [4.69, 9.17) is 0 Å². The largest absolute Gasteiger partial charge is 0.311 e. The van der Waals surface area contributed by atoms with Crippen molar-refractivity contribution < 1.29 is 0 Å². The summed E-state index contributed by atoms with van der Waals surface area (Å²) in [5.74, 6) is 1.04. The highest BCUT2D eigenvalue weighted by Crippen LogP contribution is 2.39. The Morgan fingerprint density at radius 1 is 1.20 bits per heavy atom. The fourth-order valence-corrected chi connectivity index (χ4v) is 3.05. The minimum absolute atomic E-state index is 0.770. The van der Waals surface area contributed by atoms with Crippen LogP contribution >= 0.6 is 0 Å². The van der Waals surface area contributed by atoms with E-state index in [1.54, 1.807) is 0 Å². The molecule has 3 unspecified atom stereocenters. The molecule has 1 heterocycles. The molecule has 2 aliphatic rings. The Balaban J connectivity index is 1.74. The summed E-state index contributed by atoms with van der Waals surface area (Å²) in [6, 6.07) is 1.72. The Kier molecular flexibility index (Phi) is 4.04. The lowest BCUT2D eigenvalue weighted by atomic mass is 10.1. The second kappa shape index (κ2) is 5.31. The first-order chi connectivity index (χ1) is 7.35. The molecule has 0 aromatic rings. The summed E-state index contributed by atoms with van der Waals surface area (Å²) in [6.45, 7) is 8.40. The third-order valence-corrected chi connectivity index (χ3v) is 3.94. The minimum Gasteiger partial charge on any atom is -0.311 e. The number of hydrogen-bond donors (Lipinski definition) is 1. The first kappa shape index (κ1) is 11.4. The zero-order valence-corrected chi connectivity index (χ0v) is 10.3. The van der Waals surface area contributed by atoms with Crippen LogP contribution in [0.5, 0.6) is 0 Å². The fraction of sp³-hybridized carbons (Fsp3) is 1.00. The summed E-state index contributed by atoms with van der Waals surface area (Å²) >= 11 is 0. The molecule has 1 saturated carbocycles. The highest BCUT2D eigenvalue weighted by atomic mass is 15.2. The smallest absolute Gasteiger partial charge is 0.0195 e. The van der Waals surface area contributed by atoms with Crippen molar-refractivity contribution in [3.8, 4) is 0 Å². The van der Waals surface area contributed by atoms with Crippen LogP contribution in [0, 0.1) is 5.92 Å². The summed E-state index contributed by atoms with van der Waals surface area (Å²) in [7, 11) is 0. The molecule has 2 nitrogen and oxygen atoms in total. The third kappa shape index (κ3) is 2.94. The molecule has 2 heteroatoms. The lowest BCUT2D eigenvalue weighted by molar-refractivity contribution is 0.177. The molecule has 1 N–H and O–H groups in total. The fourth-order valence-electron chi connectivity index (χ4n) is 3.05. The van der Waals surface area contributed by atoms with Crippen molar-refractivity contribution >= 4 is 0 Å². The number of nitrogens with one attached hydrogen (secondary N) is 1. The van der Waals surface area contributed by atoms with Gasteiger partial charge in [0.2, 0.25) is 0 Å². The van der Waals surface area contributed by atoms with Gasteiger partial charge in [-0.1, -0.05) is 26.7 Å². The minimum atomic E-state index is 0.770. The van der Waals surface area contributed by atoms with Crippen LogP contribution in [-0.4, -0.2) is 36.6 Å². The van der Waals surface area contributed by atoms with Gasteiger partial charge in [0.15, 0.2) is 0 Å². The van der Waals surface area contributed by atoms with Crippen LogP contribution in [0.25, 0.3) is 0 Å². The van der Waals surface area contributed by atoms with Crippen molar-refractivity contribution in [3.05, 3.63) is 0 Å². The summed E-state index contributed by atoms with van der Waals surface area (Å²) in [5, 5.41) is 3.64. The molecule has 0 amide bonds. The maximum atomic E-state index is 3.64. The van der Waals surface area contributed by atoms with Crippen LogP contribution in [0.15, 0.2) is 0 Å². The highest BCUT2D eigenvalue weighted by molar-refractivity contribution is 4.97. The van der Waals surface area contributed by atoms with Crippen molar-refractivity contribution in [2.24, 2.45) is 5.92 Å². The monoisotopic (exact) mass is 210 g/mol. The average molecular weight is 210 g/mol. The SMILES string of the molecule is CCCC1CN(C2CC2CCC)CCN1. The van der Waals surface area contributed by atoms with Crippen molar-refractivity contribution in [3.63, 3.8) is 0 Å². The van der Waals surface area contributed by atoms with Gasteiger partial charge in [-0.05, 0) is 25.2 Å². The number of nitrogens with zero attached hydrogens (tertiary/aromatic N) is 1. The Hall–Kier alpha value is -0.0800. The molecule has 88 valence electrons. The lowest BCUT2D eigenvalue weighted by Crippen LogP contribution is -2.51. The molecule has 0 spiro atoms. The van der Waals surface area contributed by atoms with Crippen LogP contribution < -0.4 is 5.32 Å². The van der Waals surface area contributed by atoms with Gasteiger partial charge in [0.1, 0.15) is 0 Å². The molecule has 1 saturated heterocycles. The van der Waals surface area contributed by atoms with E-state index in [1.165, 1.54) is 51.7 Å². The Morgan fingerprint density at radius 3 is 2.73 bits per heavy atom. The molecule has 3 atom stereocenters. The zero-order valence-electron chi connectivity index (χ0n) is 10.3. The van der Waals surface area contributed by atoms with E-state index >= 15 is 0 Å². The van der Waals surface area contributed by atoms with Crippen LogP contribution in [0.1, 0.15) is 46.0 Å². The molecule has 1 aliphatic heterocycles. The maximum absolute atomic E-state index is 3.64. The van der Waals surface area contributed by atoms with Gasteiger partial charge in [0.25, 0.3) is 0 Å². The number of hydrogen-bond acceptors (Lipinski definition) is 2. The molecular formula is C13H26N2. The maximum Gasteiger partial charge on any atom is 0.0195 e. The Bertz CT molecular complexity index is 191. The molecule has 0 radical (unpaired) electrons. The third-order valence-electron chi connectivity index (χ3n) is 3.94. The van der Waals surface area contributed by atoms with Gasteiger partial charge in [-0.25, -0.2) is 0 Å². The summed E-state index contributed by atoms with van der Waals surface area (Å²) in [4.78, 5) is 2.75. The van der Waals surface area contributed by atoms with E-state index in [1.807, 2.05) is 0 Å². The van der Waals surface area contributed by atoms with Crippen LogP contribution in [-0.2, 0) is 0 Å². The van der Waals surface area contributed by atoms with Crippen molar-refractivity contribution in [1.82, 2.24) is 10.2 Å². The van der Waals surface area contributed by atoms with Crippen molar-refractivity contribution in [1.29, 1.82) is 0 Å². The zero-order chi connectivity index (χ0) is 10.7. The van der Waals surface area contributed by atoms with Gasteiger partial charge in [-0.3, -0.25) is 4.90 Å². The predicted molar refractivity (Wildman–Crippen MR) is 65.1 cm³/mol. The van der Waals surface area contributed by atoms with E-state index in [0.717, 1.165) is 18.0 Å². The first-order valence-electron chi connectivity index (χ1n) is 6.82. The topological polar surface area (TPSA) is 15.3 Å². The molecule has 0 aromatic heterocycles. The van der Waals surface area contributed by atoms with Crippen LogP contribution in [0.3, 0.4) is 0 Å². The van der Waals surface area contributed by atoms with Crippen LogP contribution in [0.2, 0.25) is 0 Å². The second-order valence-electron chi connectivity index (χ2n) is 5.29. The van der Waals surface area contributed by atoms with Crippen molar-refractivity contribution in [2.75, 3.05) is 19.6 Å². The normalized spacial score (nSPS) is 36.8. The quantitative estimate of drug-likeness (QED) is 0.749. The molecule has 2 fully saturated rings. The average Bonchev–Trinajstić information content (AvgIpc) is 2.99. The highest BCUT2D eigenvalue weighted by Gasteiger charge is 2.41. The molecule has 0 aromatic carbocycles. The summed E-state index contributed by atoms with van der Waals surface area (Å²) in [5.41, 5.74) is 0. The molecule has 0 bridgehead atoms. The molecule has 15 heavy (non-hydrogen) atoms. The van der Waals surface area contributed by atoms with Crippen LogP contribution in [0.4, 0.5) is 0 Å². The van der Waals surface area contributed by atoms with E-state index in [0.29, 0.717) is 0 Å². The van der Waals surface area contributed by atoms with Gasteiger partial charge < -0.3 is 5.32 Å². The summed E-state index contributed by atoms with van der Waals surface area (Å²) in [6.07, 6.45) is 6.96. The van der Waals surface area contributed by atoms with E-state index in [-0.39, 0.29) is 0 Å². The van der Waals surface area contributed by atoms with Gasteiger partial charge in [-0.15, -0.1) is 0 Å². The van der Waals surface area contributed by atoms with E-state index < -0.39 is 0 Å². The number of piperazine rings is 1. The predicted octanol–water partition coefficient (Wildman–Crippen LogP) is 2.25. The van der Waals surface area contributed by atoms with Gasteiger partial charge in [0, 0.05) is 31.7 Å². The molecule has 2 rings (SSSR count). The molecular weight excluding hydrogens is 184 g/mol. The Morgan fingerprint density at radius 2 is 2.00 bits per heavy atom. The first-order valence-corrected chi connectivity index (χ1v) is 6.82. The Labute approximate surface area is 94.4 Å². The number of rotatable bonds is 5. The van der Waals surface area contributed by atoms with Gasteiger partial charge in [0.05, 0.1) is 0 Å². The second-order valence-corrected chi connectivity index (χ2v) is 5.29. The lowest BCUT2D eigenvalue weighted by Gasteiger charge is -2.34. The van der Waals surface area contributed by atoms with E-state index in [2.05, 4.69) is 24.1 Å². The van der Waals surface area contributed by atoms with Gasteiger partial charge >= 0.3 is 0 Å². The van der Waals surface area contributed by atoms with Crippen molar-refractivity contribution in [2.45, 2.75) is 58.0 Å². The summed E-state index contributed by atoms with van der Waals surface area (Å²) < 4.78 is 0. The standard InChI is InChI=1S/C13H26N2/c1-3-5-11-9-13(11)15-8-7-14-12(10-15)6-4-2/h11-14H,3-10H2,1-2H3. The van der Waals surface area contributed by atoms with E-state index in [9.17, 15) is 0 Å². The van der Waals surface area contributed by atoms with Gasteiger partial charge in [-0.2, -0.15) is 0 Å². The molecule has 1 aliphatic carbocycles.